The van der Waals surface area contributed by atoms with E-state index in [1.54, 1.807) is 7.11 Å². The summed E-state index contributed by atoms with van der Waals surface area (Å²) in [6.45, 7) is 2.65. The number of hydrogen-bond acceptors (Lipinski definition) is 3. The molecule has 2 N–H and O–H groups in total. The monoisotopic (exact) mass is 276 g/mol. The number of carbonyl (C=O) groups is 1. The van der Waals surface area contributed by atoms with Crippen LogP contribution in [0.15, 0.2) is 24.3 Å². The zero-order valence-electron chi connectivity index (χ0n) is 12.3. The molecule has 1 aromatic carbocycles. The highest BCUT2D eigenvalue weighted by molar-refractivity contribution is 5.92. The highest BCUT2D eigenvalue weighted by Crippen LogP contribution is 2.23. The lowest BCUT2D eigenvalue weighted by atomic mass is 9.87. The van der Waals surface area contributed by atoms with Crippen LogP contribution in [-0.2, 0) is 4.79 Å². The number of hydrogen-bond donors (Lipinski definition) is 2. The van der Waals surface area contributed by atoms with Gasteiger partial charge in [0.15, 0.2) is 0 Å². The Bertz CT molecular complexity index is 448. The summed E-state index contributed by atoms with van der Waals surface area (Å²) in [5, 5.41) is 6.24. The van der Waals surface area contributed by atoms with Crippen LogP contribution in [0.5, 0.6) is 5.75 Å². The summed E-state index contributed by atoms with van der Waals surface area (Å²) in [7, 11) is 1.62. The van der Waals surface area contributed by atoms with E-state index in [-0.39, 0.29) is 5.91 Å². The lowest BCUT2D eigenvalue weighted by Gasteiger charge is -2.27. The number of rotatable bonds is 5. The van der Waals surface area contributed by atoms with Crippen LogP contribution in [0.4, 0.5) is 5.69 Å². The second-order valence-electron chi connectivity index (χ2n) is 5.63. The van der Waals surface area contributed by atoms with Crippen LogP contribution in [0.25, 0.3) is 0 Å². The van der Waals surface area contributed by atoms with Crippen LogP contribution < -0.4 is 15.4 Å². The zero-order valence-corrected chi connectivity index (χ0v) is 12.3. The summed E-state index contributed by atoms with van der Waals surface area (Å²) < 4.78 is 5.14. The summed E-state index contributed by atoms with van der Waals surface area (Å²) in [6.07, 6.45) is 4.92. The summed E-state index contributed by atoms with van der Waals surface area (Å²) in [4.78, 5) is 11.9. The van der Waals surface area contributed by atoms with Crippen LogP contribution in [0, 0.1) is 5.92 Å². The van der Waals surface area contributed by atoms with Gasteiger partial charge in [-0.2, -0.15) is 0 Å². The second-order valence-corrected chi connectivity index (χ2v) is 5.63. The van der Waals surface area contributed by atoms with E-state index in [0.29, 0.717) is 12.6 Å². The molecule has 0 heterocycles. The molecule has 0 radical (unpaired) electrons. The van der Waals surface area contributed by atoms with Crippen molar-refractivity contribution in [2.45, 2.75) is 38.6 Å². The summed E-state index contributed by atoms with van der Waals surface area (Å²) in [5.74, 6) is 1.51. The Balaban J connectivity index is 1.77. The average molecular weight is 276 g/mol. The van der Waals surface area contributed by atoms with Crippen molar-refractivity contribution in [2.75, 3.05) is 19.0 Å². The Morgan fingerprint density at radius 1 is 1.40 bits per heavy atom. The average Bonchev–Trinajstić information content (AvgIpc) is 2.45. The predicted octanol–water partition coefficient (Wildman–Crippen LogP) is 2.80. The molecule has 0 saturated heterocycles. The minimum absolute atomic E-state index is 0.00326. The van der Waals surface area contributed by atoms with Crippen molar-refractivity contribution >= 4 is 11.6 Å². The van der Waals surface area contributed by atoms with E-state index in [1.165, 1.54) is 25.7 Å². The number of ether oxygens (including phenoxy) is 1. The maximum atomic E-state index is 11.9. The van der Waals surface area contributed by atoms with Crippen LogP contribution in [0.2, 0.25) is 0 Å². The van der Waals surface area contributed by atoms with Crippen molar-refractivity contribution in [1.29, 1.82) is 0 Å². The topological polar surface area (TPSA) is 50.4 Å². The van der Waals surface area contributed by atoms with Gasteiger partial charge in [-0.25, -0.2) is 0 Å². The SMILES string of the molecule is COc1cccc(NC(=O)CNC2CCCC(C)C2)c1. The molecule has 110 valence electrons. The molecule has 4 nitrogen and oxygen atoms in total. The highest BCUT2D eigenvalue weighted by atomic mass is 16.5. The Hall–Kier alpha value is -1.55. The van der Waals surface area contributed by atoms with E-state index in [4.69, 9.17) is 4.74 Å². The molecule has 20 heavy (non-hydrogen) atoms. The second kappa shape index (κ2) is 7.29. The molecule has 1 aliphatic rings. The van der Waals surface area contributed by atoms with Crippen molar-refractivity contribution in [3.63, 3.8) is 0 Å². The minimum atomic E-state index is -0.00326. The number of carbonyl (C=O) groups excluding carboxylic acids is 1. The van der Waals surface area contributed by atoms with Gasteiger partial charge >= 0.3 is 0 Å². The van der Waals surface area contributed by atoms with Gasteiger partial charge in [-0.1, -0.05) is 25.8 Å². The van der Waals surface area contributed by atoms with Gasteiger partial charge in [-0.3, -0.25) is 4.79 Å². The normalized spacial score (nSPS) is 22.3. The quantitative estimate of drug-likeness (QED) is 0.869. The molecule has 0 aromatic heterocycles. The van der Waals surface area contributed by atoms with E-state index in [0.717, 1.165) is 17.4 Å². The van der Waals surface area contributed by atoms with Gasteiger partial charge in [-0.05, 0) is 30.9 Å². The van der Waals surface area contributed by atoms with E-state index in [1.807, 2.05) is 24.3 Å². The Morgan fingerprint density at radius 3 is 3.00 bits per heavy atom. The van der Waals surface area contributed by atoms with Gasteiger partial charge < -0.3 is 15.4 Å². The highest BCUT2D eigenvalue weighted by Gasteiger charge is 2.18. The molecule has 2 rings (SSSR count). The summed E-state index contributed by atoms with van der Waals surface area (Å²) in [5.41, 5.74) is 0.771. The molecule has 1 aromatic rings. The molecule has 0 spiro atoms. The molecule has 1 fully saturated rings. The third kappa shape index (κ3) is 4.53. The minimum Gasteiger partial charge on any atom is -0.497 e. The van der Waals surface area contributed by atoms with Gasteiger partial charge in [0.2, 0.25) is 5.91 Å². The van der Waals surface area contributed by atoms with Crippen molar-refractivity contribution in [1.82, 2.24) is 5.32 Å². The first kappa shape index (κ1) is 14.9. The number of methoxy groups -OCH3 is 1. The van der Waals surface area contributed by atoms with Crippen LogP contribution >= 0.6 is 0 Å². The van der Waals surface area contributed by atoms with Crippen LogP contribution in [-0.4, -0.2) is 25.6 Å². The zero-order chi connectivity index (χ0) is 14.4. The lowest BCUT2D eigenvalue weighted by Crippen LogP contribution is -2.38. The smallest absolute Gasteiger partial charge is 0.238 e. The van der Waals surface area contributed by atoms with Gasteiger partial charge in [0.1, 0.15) is 5.75 Å². The molecular formula is C16H24N2O2. The van der Waals surface area contributed by atoms with Gasteiger partial charge in [-0.15, -0.1) is 0 Å². The summed E-state index contributed by atoms with van der Waals surface area (Å²) >= 11 is 0. The molecule has 4 heteroatoms. The molecule has 2 unspecified atom stereocenters. The number of benzene rings is 1. The van der Waals surface area contributed by atoms with E-state index in [2.05, 4.69) is 17.6 Å². The fourth-order valence-corrected chi connectivity index (χ4v) is 2.76. The van der Waals surface area contributed by atoms with Crippen LogP contribution in [0.1, 0.15) is 32.6 Å². The molecule has 1 saturated carbocycles. The molecule has 1 amide bonds. The standard InChI is InChI=1S/C16H24N2O2/c1-12-5-3-6-13(9-12)17-11-16(19)18-14-7-4-8-15(10-14)20-2/h4,7-8,10,12-13,17H,3,5-6,9,11H2,1-2H3,(H,18,19). The van der Waals surface area contributed by atoms with Crippen molar-refractivity contribution in [3.05, 3.63) is 24.3 Å². The van der Waals surface area contributed by atoms with Gasteiger partial charge in [0, 0.05) is 17.8 Å². The number of anilines is 1. The third-order valence-electron chi connectivity index (χ3n) is 3.84. The Labute approximate surface area is 120 Å². The first-order valence-electron chi connectivity index (χ1n) is 7.34. The Kier molecular flexibility index (Phi) is 5.41. The van der Waals surface area contributed by atoms with Gasteiger partial charge in [0.05, 0.1) is 13.7 Å². The maximum Gasteiger partial charge on any atom is 0.238 e. The largest absolute Gasteiger partial charge is 0.497 e. The van der Waals surface area contributed by atoms with Crippen molar-refractivity contribution in [2.24, 2.45) is 5.92 Å². The maximum absolute atomic E-state index is 11.9. The molecule has 1 aliphatic carbocycles. The van der Waals surface area contributed by atoms with Gasteiger partial charge in [0.25, 0.3) is 0 Å². The van der Waals surface area contributed by atoms with E-state index in [9.17, 15) is 4.79 Å². The first-order valence-corrected chi connectivity index (χ1v) is 7.34. The van der Waals surface area contributed by atoms with E-state index < -0.39 is 0 Å². The molecular weight excluding hydrogens is 252 g/mol. The van der Waals surface area contributed by atoms with E-state index >= 15 is 0 Å². The predicted molar refractivity (Wildman–Crippen MR) is 81.0 cm³/mol. The first-order chi connectivity index (χ1) is 9.67. The third-order valence-corrected chi connectivity index (χ3v) is 3.84. The fraction of sp³-hybridized carbons (Fsp3) is 0.562. The molecule has 0 aliphatic heterocycles. The fourth-order valence-electron chi connectivity index (χ4n) is 2.76. The van der Waals surface area contributed by atoms with Crippen molar-refractivity contribution in [3.8, 4) is 5.75 Å². The molecule has 2 atom stereocenters. The number of nitrogens with one attached hydrogen (secondary N) is 2. The molecule has 0 bridgehead atoms. The Morgan fingerprint density at radius 2 is 2.25 bits per heavy atom. The van der Waals surface area contributed by atoms with Crippen LogP contribution in [0.3, 0.4) is 0 Å². The lowest BCUT2D eigenvalue weighted by molar-refractivity contribution is -0.115. The van der Waals surface area contributed by atoms with Crippen molar-refractivity contribution < 1.29 is 9.53 Å². The summed E-state index contributed by atoms with van der Waals surface area (Å²) in [6, 6.07) is 7.89. The number of amides is 1.